The number of hydrogen-bond acceptors (Lipinski definition) is 4. The zero-order valence-electron chi connectivity index (χ0n) is 12.5. The highest BCUT2D eigenvalue weighted by atomic mass is 16.6. The summed E-state index contributed by atoms with van der Waals surface area (Å²) in [6.07, 6.45) is 5.35. The van der Waals surface area contributed by atoms with E-state index >= 15 is 0 Å². The first-order valence-electron chi connectivity index (χ1n) is 7.59. The summed E-state index contributed by atoms with van der Waals surface area (Å²) in [5.41, 5.74) is -0.803. The number of likely N-dealkylation sites (tertiary alicyclic amines) is 1. The van der Waals surface area contributed by atoms with Crippen molar-refractivity contribution >= 4 is 11.6 Å². The van der Waals surface area contributed by atoms with Crippen molar-refractivity contribution in [2.75, 3.05) is 13.1 Å². The van der Waals surface area contributed by atoms with Crippen LogP contribution in [-0.2, 0) is 0 Å². The Morgan fingerprint density at radius 2 is 2.23 bits per heavy atom. The monoisotopic (exact) mass is 305 g/mol. The molecule has 0 bridgehead atoms. The Morgan fingerprint density at radius 3 is 2.82 bits per heavy atom. The SMILES string of the molecule is C[C@H]1CCN(C(=O)c2cc([N+](=O)[O-])c[nH]c2=O)CC12CCC2. The van der Waals surface area contributed by atoms with E-state index in [4.69, 9.17) is 0 Å². The van der Waals surface area contributed by atoms with Crippen LogP contribution in [0, 0.1) is 21.4 Å². The van der Waals surface area contributed by atoms with Gasteiger partial charge >= 0.3 is 0 Å². The molecule has 1 aromatic heterocycles. The number of amides is 1. The van der Waals surface area contributed by atoms with Crippen LogP contribution < -0.4 is 5.56 Å². The molecule has 22 heavy (non-hydrogen) atoms. The molecule has 1 aromatic rings. The molecule has 7 nitrogen and oxygen atoms in total. The predicted molar refractivity (Wildman–Crippen MR) is 79.7 cm³/mol. The molecule has 118 valence electrons. The molecule has 0 aromatic carbocycles. The highest BCUT2D eigenvalue weighted by Crippen LogP contribution is 2.50. The minimum atomic E-state index is -0.613. The first-order chi connectivity index (χ1) is 10.4. The van der Waals surface area contributed by atoms with Crippen LogP contribution in [0.5, 0.6) is 0 Å². The fourth-order valence-electron chi connectivity index (χ4n) is 3.63. The quantitative estimate of drug-likeness (QED) is 0.667. The van der Waals surface area contributed by atoms with Crippen molar-refractivity contribution in [1.82, 2.24) is 9.88 Å². The van der Waals surface area contributed by atoms with Gasteiger partial charge in [-0.1, -0.05) is 13.3 Å². The fourth-order valence-corrected chi connectivity index (χ4v) is 3.63. The van der Waals surface area contributed by atoms with Crippen molar-refractivity contribution in [2.24, 2.45) is 11.3 Å². The number of nitrogens with zero attached hydrogens (tertiary/aromatic N) is 2. The van der Waals surface area contributed by atoms with E-state index < -0.39 is 16.4 Å². The Hall–Kier alpha value is -2.18. The summed E-state index contributed by atoms with van der Waals surface area (Å²) in [5.74, 6) is 0.178. The third kappa shape index (κ3) is 2.30. The van der Waals surface area contributed by atoms with Gasteiger partial charge in [0.15, 0.2) is 0 Å². The van der Waals surface area contributed by atoms with Gasteiger partial charge in [-0.05, 0) is 30.6 Å². The molecular weight excluding hydrogens is 286 g/mol. The minimum absolute atomic E-state index is 0.141. The van der Waals surface area contributed by atoms with Crippen molar-refractivity contribution < 1.29 is 9.72 Å². The van der Waals surface area contributed by atoms with Crippen LogP contribution in [0.4, 0.5) is 5.69 Å². The summed E-state index contributed by atoms with van der Waals surface area (Å²) in [6, 6.07) is 1.08. The Bertz CT molecular complexity index is 678. The lowest BCUT2D eigenvalue weighted by Crippen LogP contribution is -2.53. The maximum atomic E-state index is 12.6. The van der Waals surface area contributed by atoms with E-state index in [-0.39, 0.29) is 16.7 Å². The minimum Gasteiger partial charge on any atom is -0.338 e. The van der Waals surface area contributed by atoms with Gasteiger partial charge in [0.2, 0.25) is 0 Å². The largest absolute Gasteiger partial charge is 0.338 e. The van der Waals surface area contributed by atoms with Gasteiger partial charge in [0, 0.05) is 19.2 Å². The Balaban J connectivity index is 1.86. The smallest absolute Gasteiger partial charge is 0.286 e. The Morgan fingerprint density at radius 1 is 1.50 bits per heavy atom. The van der Waals surface area contributed by atoms with Crippen LogP contribution in [-0.4, -0.2) is 33.8 Å². The highest BCUT2D eigenvalue weighted by Gasteiger charge is 2.46. The molecule has 7 heteroatoms. The molecule has 1 spiro atoms. The van der Waals surface area contributed by atoms with E-state index in [0.29, 0.717) is 19.0 Å². The maximum Gasteiger partial charge on any atom is 0.286 e. The molecule has 0 unspecified atom stereocenters. The summed E-state index contributed by atoms with van der Waals surface area (Å²) in [4.78, 5) is 38.7. The topological polar surface area (TPSA) is 96.3 Å². The number of H-pyrrole nitrogens is 1. The van der Waals surface area contributed by atoms with Crippen LogP contribution in [0.15, 0.2) is 17.1 Å². The van der Waals surface area contributed by atoms with Gasteiger partial charge in [0.05, 0.1) is 11.1 Å². The van der Waals surface area contributed by atoms with Crippen molar-refractivity contribution in [2.45, 2.75) is 32.6 Å². The Kier molecular flexibility index (Phi) is 3.50. The zero-order valence-corrected chi connectivity index (χ0v) is 12.5. The van der Waals surface area contributed by atoms with Gasteiger partial charge in [-0.3, -0.25) is 19.7 Å². The van der Waals surface area contributed by atoms with Crippen molar-refractivity contribution in [3.63, 3.8) is 0 Å². The molecule has 2 fully saturated rings. The van der Waals surface area contributed by atoms with Crippen molar-refractivity contribution in [3.05, 3.63) is 38.3 Å². The average Bonchev–Trinajstić information content (AvgIpc) is 2.45. The summed E-state index contributed by atoms with van der Waals surface area (Å²) >= 11 is 0. The third-order valence-electron chi connectivity index (χ3n) is 5.35. The van der Waals surface area contributed by atoms with Crippen LogP contribution in [0.25, 0.3) is 0 Å². The van der Waals surface area contributed by atoms with Crippen molar-refractivity contribution in [3.8, 4) is 0 Å². The summed E-state index contributed by atoms with van der Waals surface area (Å²) in [7, 11) is 0. The van der Waals surface area contributed by atoms with Gasteiger partial charge in [-0.25, -0.2) is 0 Å². The summed E-state index contributed by atoms with van der Waals surface area (Å²) in [6.45, 7) is 3.47. The zero-order chi connectivity index (χ0) is 15.9. The first-order valence-corrected chi connectivity index (χ1v) is 7.59. The fraction of sp³-hybridized carbons (Fsp3) is 0.600. The molecule has 1 amide bonds. The average molecular weight is 305 g/mol. The molecular formula is C15H19N3O4. The van der Waals surface area contributed by atoms with E-state index in [9.17, 15) is 19.7 Å². The molecule has 1 saturated heterocycles. The number of piperidine rings is 1. The van der Waals surface area contributed by atoms with E-state index in [1.165, 1.54) is 6.42 Å². The number of rotatable bonds is 2. The molecule has 2 heterocycles. The normalized spacial score (nSPS) is 23.1. The van der Waals surface area contributed by atoms with Gasteiger partial charge < -0.3 is 9.88 Å². The van der Waals surface area contributed by atoms with Crippen molar-refractivity contribution in [1.29, 1.82) is 0 Å². The van der Waals surface area contributed by atoms with Gasteiger partial charge in [0.1, 0.15) is 5.56 Å². The number of pyridine rings is 1. The third-order valence-corrected chi connectivity index (χ3v) is 5.35. The highest BCUT2D eigenvalue weighted by molar-refractivity contribution is 5.94. The lowest BCUT2D eigenvalue weighted by molar-refractivity contribution is -0.385. The van der Waals surface area contributed by atoms with Gasteiger partial charge in [-0.2, -0.15) is 0 Å². The molecule has 1 aliphatic carbocycles. The second-order valence-corrected chi connectivity index (χ2v) is 6.49. The molecule has 1 saturated carbocycles. The van der Waals surface area contributed by atoms with E-state index in [0.717, 1.165) is 31.5 Å². The number of aromatic nitrogens is 1. The standard InChI is InChI=1S/C15H19N3O4/c1-10-3-6-17(9-15(10)4-2-5-15)14(20)12-7-11(18(21)22)8-16-13(12)19/h7-8,10H,2-6,9H2,1H3,(H,16,19)/t10-/m0/s1. The number of carbonyl (C=O) groups is 1. The number of nitrogens with one attached hydrogen (secondary N) is 1. The van der Waals surface area contributed by atoms with E-state index in [1.807, 2.05) is 0 Å². The molecule has 1 aliphatic heterocycles. The first kappa shape index (κ1) is 14.7. The number of hydrogen-bond donors (Lipinski definition) is 1. The van der Waals surface area contributed by atoms with Crippen LogP contribution in [0.1, 0.15) is 43.0 Å². The second-order valence-electron chi connectivity index (χ2n) is 6.49. The Labute approximate surface area is 127 Å². The summed E-state index contributed by atoms with van der Waals surface area (Å²) in [5, 5.41) is 10.8. The molecule has 0 radical (unpaired) electrons. The summed E-state index contributed by atoms with van der Waals surface area (Å²) < 4.78 is 0. The van der Waals surface area contributed by atoms with Crippen LogP contribution in [0.2, 0.25) is 0 Å². The predicted octanol–water partition coefficient (Wildman–Crippen LogP) is 1.94. The second kappa shape index (κ2) is 5.23. The molecule has 1 atom stereocenters. The lowest BCUT2D eigenvalue weighted by atomic mass is 9.59. The molecule has 1 N–H and O–H groups in total. The van der Waals surface area contributed by atoms with Gasteiger partial charge in [-0.15, -0.1) is 0 Å². The van der Waals surface area contributed by atoms with E-state index in [2.05, 4.69) is 11.9 Å². The number of aromatic amines is 1. The van der Waals surface area contributed by atoms with E-state index in [1.54, 1.807) is 4.90 Å². The maximum absolute atomic E-state index is 12.6. The number of nitro groups is 1. The van der Waals surface area contributed by atoms with Crippen LogP contribution in [0.3, 0.4) is 0 Å². The van der Waals surface area contributed by atoms with Gasteiger partial charge in [0.25, 0.3) is 17.2 Å². The van der Waals surface area contributed by atoms with Crippen LogP contribution >= 0.6 is 0 Å². The lowest BCUT2D eigenvalue weighted by Gasteiger charge is -2.53. The molecule has 3 rings (SSSR count). The molecule has 2 aliphatic rings. The number of carbonyl (C=O) groups excluding carboxylic acids is 1.